The third kappa shape index (κ3) is 6.38. The quantitative estimate of drug-likeness (QED) is 0.657. The normalized spacial score (nSPS) is 29.0. The molecular formula is C20H28F2O5. The fourth-order valence-electron chi connectivity index (χ4n) is 3.41. The van der Waals surface area contributed by atoms with E-state index in [1.807, 2.05) is 0 Å². The van der Waals surface area contributed by atoms with Crippen molar-refractivity contribution < 1.29 is 32.5 Å². The smallest absolute Gasteiger partial charge is 0.387 e. The summed E-state index contributed by atoms with van der Waals surface area (Å²) in [5.41, 5.74) is 0.788. The van der Waals surface area contributed by atoms with Crippen molar-refractivity contribution in [3.8, 4) is 5.75 Å². The maximum atomic E-state index is 12.2. The van der Waals surface area contributed by atoms with Crippen LogP contribution in [0.1, 0.15) is 44.5 Å². The highest BCUT2D eigenvalue weighted by Gasteiger charge is 2.26. The molecule has 0 aromatic heterocycles. The fraction of sp³-hybridized carbons (Fsp3) is 0.700. The Balaban J connectivity index is 1.35. The molecule has 0 bridgehead atoms. The van der Waals surface area contributed by atoms with Crippen LogP contribution in [0.4, 0.5) is 8.78 Å². The summed E-state index contributed by atoms with van der Waals surface area (Å²) in [6.45, 7) is 2.09. The van der Waals surface area contributed by atoms with Gasteiger partial charge < -0.3 is 23.7 Å². The Bertz CT molecular complexity index is 538. The van der Waals surface area contributed by atoms with Crippen molar-refractivity contribution in [3.63, 3.8) is 0 Å². The van der Waals surface area contributed by atoms with E-state index in [0.29, 0.717) is 25.0 Å². The SMILES string of the molecule is CCC[C@H]1CO[C@H](CC[C@H]2CO[C@H](c3ccc(OC(F)F)cc3)OC2)OC1. The molecular weight excluding hydrogens is 358 g/mol. The lowest BCUT2D eigenvalue weighted by molar-refractivity contribution is -0.220. The van der Waals surface area contributed by atoms with Gasteiger partial charge in [-0.05, 0) is 31.4 Å². The largest absolute Gasteiger partial charge is 0.435 e. The van der Waals surface area contributed by atoms with Crippen LogP contribution < -0.4 is 4.74 Å². The van der Waals surface area contributed by atoms with E-state index in [1.54, 1.807) is 12.1 Å². The van der Waals surface area contributed by atoms with E-state index in [0.717, 1.165) is 44.5 Å². The molecule has 0 N–H and O–H groups in total. The second-order valence-electron chi connectivity index (χ2n) is 7.14. The van der Waals surface area contributed by atoms with Gasteiger partial charge in [0.25, 0.3) is 0 Å². The van der Waals surface area contributed by atoms with Crippen LogP contribution in [0.25, 0.3) is 0 Å². The van der Waals surface area contributed by atoms with Crippen LogP contribution in [0.3, 0.4) is 0 Å². The minimum Gasteiger partial charge on any atom is -0.435 e. The van der Waals surface area contributed by atoms with E-state index in [-0.39, 0.29) is 12.0 Å². The zero-order valence-electron chi connectivity index (χ0n) is 15.7. The second-order valence-corrected chi connectivity index (χ2v) is 7.14. The summed E-state index contributed by atoms with van der Waals surface area (Å²) in [7, 11) is 0. The molecule has 2 fully saturated rings. The maximum absolute atomic E-state index is 12.2. The van der Waals surface area contributed by atoms with Crippen LogP contribution in [-0.4, -0.2) is 39.3 Å². The molecule has 0 spiro atoms. The summed E-state index contributed by atoms with van der Waals surface area (Å²) in [6, 6.07) is 6.34. The molecule has 0 unspecified atom stereocenters. The Morgan fingerprint density at radius 2 is 1.48 bits per heavy atom. The van der Waals surface area contributed by atoms with Crippen LogP contribution in [-0.2, 0) is 18.9 Å². The number of alkyl halides is 2. The molecule has 0 radical (unpaired) electrons. The zero-order valence-corrected chi connectivity index (χ0v) is 15.7. The number of ether oxygens (including phenoxy) is 5. The van der Waals surface area contributed by atoms with Crippen LogP contribution in [0.2, 0.25) is 0 Å². The van der Waals surface area contributed by atoms with Crippen LogP contribution in [0.15, 0.2) is 24.3 Å². The molecule has 7 heteroatoms. The molecule has 1 aromatic rings. The van der Waals surface area contributed by atoms with Gasteiger partial charge in [-0.25, -0.2) is 0 Å². The molecule has 0 amide bonds. The van der Waals surface area contributed by atoms with E-state index in [4.69, 9.17) is 18.9 Å². The minimum absolute atomic E-state index is 0.121. The van der Waals surface area contributed by atoms with Crippen molar-refractivity contribution in [1.82, 2.24) is 0 Å². The summed E-state index contributed by atoms with van der Waals surface area (Å²) < 4.78 is 51.9. The molecule has 3 rings (SSSR count). The van der Waals surface area contributed by atoms with Gasteiger partial charge in [-0.15, -0.1) is 0 Å². The topological polar surface area (TPSA) is 46.2 Å². The van der Waals surface area contributed by atoms with E-state index < -0.39 is 12.9 Å². The number of rotatable bonds is 8. The predicted octanol–water partition coefficient (Wildman–Crippen LogP) is 4.52. The number of hydrogen-bond donors (Lipinski definition) is 0. The van der Waals surface area contributed by atoms with Crippen LogP contribution in [0, 0.1) is 11.8 Å². The third-order valence-corrected chi connectivity index (χ3v) is 4.89. The first-order chi connectivity index (χ1) is 13.1. The van der Waals surface area contributed by atoms with Gasteiger partial charge >= 0.3 is 6.61 Å². The van der Waals surface area contributed by atoms with Crippen molar-refractivity contribution in [2.45, 2.75) is 51.8 Å². The molecule has 0 saturated carbocycles. The maximum Gasteiger partial charge on any atom is 0.387 e. The summed E-state index contributed by atoms with van der Waals surface area (Å²) >= 11 is 0. The standard InChI is InChI=1S/C20H28F2O5/c1-2-3-14-10-23-18(24-11-14)9-4-15-12-25-19(26-13-15)16-5-7-17(8-6-16)27-20(21)22/h5-8,14-15,18-20H,2-4,9-13H2,1H3/t14-,15-,18-,19-. The highest BCUT2D eigenvalue weighted by molar-refractivity contribution is 5.28. The van der Waals surface area contributed by atoms with Crippen molar-refractivity contribution in [1.29, 1.82) is 0 Å². The Labute approximate surface area is 158 Å². The first-order valence-corrected chi connectivity index (χ1v) is 9.65. The van der Waals surface area contributed by atoms with Crippen molar-refractivity contribution in [3.05, 3.63) is 29.8 Å². The Morgan fingerprint density at radius 1 is 0.889 bits per heavy atom. The molecule has 2 saturated heterocycles. The lowest BCUT2D eigenvalue weighted by atomic mass is 10.0. The average Bonchev–Trinajstić information content (AvgIpc) is 2.68. The number of halogens is 2. The molecule has 152 valence electrons. The van der Waals surface area contributed by atoms with Crippen LogP contribution in [0.5, 0.6) is 5.75 Å². The van der Waals surface area contributed by atoms with E-state index >= 15 is 0 Å². The minimum atomic E-state index is -2.83. The summed E-state index contributed by atoms with van der Waals surface area (Å²) in [5, 5.41) is 0. The molecule has 0 aliphatic carbocycles. The zero-order chi connectivity index (χ0) is 19.1. The molecule has 0 atom stereocenters. The van der Waals surface area contributed by atoms with Crippen LogP contribution >= 0.6 is 0 Å². The van der Waals surface area contributed by atoms with E-state index in [2.05, 4.69) is 11.7 Å². The van der Waals surface area contributed by atoms with Gasteiger partial charge in [0.2, 0.25) is 0 Å². The molecule has 27 heavy (non-hydrogen) atoms. The van der Waals surface area contributed by atoms with Gasteiger partial charge in [-0.3, -0.25) is 0 Å². The number of hydrogen-bond acceptors (Lipinski definition) is 5. The molecule has 2 heterocycles. The molecule has 5 nitrogen and oxygen atoms in total. The second kappa shape index (κ2) is 10.3. The van der Waals surface area contributed by atoms with Gasteiger partial charge in [-0.2, -0.15) is 8.78 Å². The highest BCUT2D eigenvalue weighted by Crippen LogP contribution is 2.29. The summed E-state index contributed by atoms with van der Waals surface area (Å²) in [5.74, 6) is 0.935. The Morgan fingerprint density at radius 3 is 2.07 bits per heavy atom. The summed E-state index contributed by atoms with van der Waals surface area (Å²) in [4.78, 5) is 0. The highest BCUT2D eigenvalue weighted by atomic mass is 19.3. The Kier molecular flexibility index (Phi) is 7.81. The Hall–Kier alpha value is -1.28. The number of benzene rings is 1. The molecule has 2 aliphatic rings. The first kappa shape index (κ1) is 20.5. The van der Waals surface area contributed by atoms with Crippen molar-refractivity contribution in [2.24, 2.45) is 11.8 Å². The molecule has 1 aromatic carbocycles. The summed E-state index contributed by atoms with van der Waals surface area (Å²) in [6.07, 6.45) is 3.45. The van der Waals surface area contributed by atoms with Gasteiger partial charge in [0.05, 0.1) is 26.4 Å². The first-order valence-electron chi connectivity index (χ1n) is 9.65. The lowest BCUT2D eigenvalue weighted by Gasteiger charge is -2.32. The predicted molar refractivity (Wildman–Crippen MR) is 94.5 cm³/mol. The fourth-order valence-corrected chi connectivity index (χ4v) is 3.41. The van der Waals surface area contributed by atoms with Crippen molar-refractivity contribution >= 4 is 0 Å². The lowest BCUT2D eigenvalue weighted by Crippen LogP contribution is -2.33. The van der Waals surface area contributed by atoms with E-state index in [9.17, 15) is 8.78 Å². The van der Waals surface area contributed by atoms with Gasteiger partial charge in [0.1, 0.15) is 5.75 Å². The van der Waals surface area contributed by atoms with Crippen molar-refractivity contribution in [2.75, 3.05) is 26.4 Å². The van der Waals surface area contributed by atoms with Gasteiger partial charge in [-0.1, -0.05) is 25.5 Å². The van der Waals surface area contributed by atoms with Gasteiger partial charge in [0.15, 0.2) is 12.6 Å². The molecule has 2 aliphatic heterocycles. The van der Waals surface area contributed by atoms with E-state index in [1.165, 1.54) is 12.1 Å². The van der Waals surface area contributed by atoms with Gasteiger partial charge in [0, 0.05) is 17.4 Å². The third-order valence-electron chi connectivity index (χ3n) is 4.89. The monoisotopic (exact) mass is 386 g/mol. The average molecular weight is 386 g/mol.